The molecule has 1 aliphatic rings. The van der Waals surface area contributed by atoms with Crippen LogP contribution in [0, 0.1) is 0 Å². The Kier molecular flexibility index (Phi) is 3.70. The molecule has 1 amide bonds. The summed E-state index contributed by atoms with van der Waals surface area (Å²) in [6.07, 6.45) is 0.482. The van der Waals surface area contributed by atoms with E-state index in [4.69, 9.17) is 5.11 Å². The van der Waals surface area contributed by atoms with Crippen molar-refractivity contribution in [3.63, 3.8) is 0 Å². The summed E-state index contributed by atoms with van der Waals surface area (Å²) in [5.74, 6) is -0.925. The van der Waals surface area contributed by atoms with Crippen molar-refractivity contribution in [1.29, 1.82) is 0 Å². The Balaban J connectivity index is 1.95. The van der Waals surface area contributed by atoms with Gasteiger partial charge < -0.3 is 10.4 Å². The lowest BCUT2D eigenvalue weighted by Crippen LogP contribution is -2.28. The second-order valence-corrected chi connectivity index (χ2v) is 4.68. The number of carbonyl (C=O) groups excluding carboxylic acids is 1. The van der Waals surface area contributed by atoms with Crippen LogP contribution in [0.15, 0.2) is 5.38 Å². The number of nitrogens with one attached hydrogen (secondary N) is 1. The zero-order valence-electron chi connectivity index (χ0n) is 9.18. The van der Waals surface area contributed by atoms with Crippen LogP contribution in [0.1, 0.15) is 21.9 Å². The molecule has 7 heteroatoms. The van der Waals surface area contributed by atoms with Gasteiger partial charge in [0.2, 0.25) is 10.9 Å². The number of aromatic carboxylic acids is 1. The number of carbonyl (C=O) groups is 2. The van der Waals surface area contributed by atoms with Gasteiger partial charge in [0.15, 0.2) is 0 Å². The van der Waals surface area contributed by atoms with Crippen molar-refractivity contribution >= 4 is 23.2 Å². The van der Waals surface area contributed by atoms with Crippen LogP contribution >= 0.6 is 11.3 Å². The summed E-state index contributed by atoms with van der Waals surface area (Å²) in [7, 11) is 0. The van der Waals surface area contributed by atoms with Gasteiger partial charge in [-0.1, -0.05) is 0 Å². The lowest BCUT2D eigenvalue weighted by molar-refractivity contribution is -0.120. The maximum absolute atomic E-state index is 11.1. The van der Waals surface area contributed by atoms with E-state index in [0.29, 0.717) is 26.1 Å². The molecule has 92 valence electrons. The topological polar surface area (TPSA) is 82.5 Å². The van der Waals surface area contributed by atoms with Crippen LogP contribution < -0.4 is 5.32 Å². The first kappa shape index (κ1) is 12.0. The first-order valence-electron chi connectivity index (χ1n) is 5.32. The number of carboxylic acids is 1. The van der Waals surface area contributed by atoms with Gasteiger partial charge in [0.25, 0.3) is 0 Å². The lowest BCUT2D eigenvalue weighted by Gasteiger charge is -2.17. The number of aromatic nitrogens is 1. The Morgan fingerprint density at radius 3 is 3.12 bits per heavy atom. The van der Waals surface area contributed by atoms with Crippen LogP contribution in [0.25, 0.3) is 0 Å². The number of amides is 1. The molecule has 0 atom stereocenters. The van der Waals surface area contributed by atoms with Crippen molar-refractivity contribution in [3.8, 4) is 0 Å². The fraction of sp³-hybridized carbons (Fsp3) is 0.500. The number of rotatable bonds is 3. The molecule has 1 fully saturated rings. The van der Waals surface area contributed by atoms with Crippen molar-refractivity contribution < 1.29 is 14.7 Å². The van der Waals surface area contributed by atoms with Crippen LogP contribution in [0.5, 0.6) is 0 Å². The predicted molar refractivity (Wildman–Crippen MR) is 62.0 cm³/mol. The fourth-order valence-electron chi connectivity index (χ4n) is 1.68. The highest BCUT2D eigenvalue weighted by Gasteiger charge is 2.15. The number of nitrogens with zero attached hydrogens (tertiary/aromatic N) is 2. The minimum absolute atomic E-state index is 0.0667. The summed E-state index contributed by atoms with van der Waals surface area (Å²) in [6.45, 7) is 2.69. The fourth-order valence-corrected chi connectivity index (χ4v) is 2.32. The van der Waals surface area contributed by atoms with E-state index < -0.39 is 5.97 Å². The summed E-state index contributed by atoms with van der Waals surface area (Å²) in [4.78, 5) is 28.0. The zero-order chi connectivity index (χ0) is 12.3. The Hall–Kier alpha value is -1.47. The van der Waals surface area contributed by atoms with E-state index in [1.807, 2.05) is 0 Å². The smallest absolute Gasteiger partial charge is 0.365 e. The van der Waals surface area contributed by atoms with Crippen LogP contribution in [0.2, 0.25) is 0 Å². The van der Waals surface area contributed by atoms with Crippen LogP contribution in [-0.2, 0) is 11.3 Å². The molecule has 1 aliphatic heterocycles. The van der Waals surface area contributed by atoms with Gasteiger partial charge in [-0.25, -0.2) is 9.78 Å². The molecule has 0 aromatic carbocycles. The number of hydrogen-bond donors (Lipinski definition) is 2. The molecule has 0 bridgehead atoms. The van der Waals surface area contributed by atoms with E-state index >= 15 is 0 Å². The molecule has 0 radical (unpaired) electrons. The normalized spacial score (nSPS) is 17.5. The molecular weight excluding hydrogens is 242 g/mol. The molecule has 0 saturated carbocycles. The standard InChI is InChI=1S/C10H13N3O3S/c14-8-1-3-13(4-2-11-8)5-7-6-17-9(12-7)10(15)16/h6H,1-5H2,(H,11,14)(H,15,16). The van der Waals surface area contributed by atoms with Crippen molar-refractivity contribution in [2.24, 2.45) is 0 Å². The summed E-state index contributed by atoms with van der Waals surface area (Å²) in [6, 6.07) is 0. The minimum Gasteiger partial charge on any atom is -0.476 e. The van der Waals surface area contributed by atoms with Gasteiger partial charge in [-0.3, -0.25) is 9.69 Å². The third kappa shape index (κ3) is 3.24. The highest BCUT2D eigenvalue weighted by molar-refractivity contribution is 7.11. The lowest BCUT2D eigenvalue weighted by atomic mass is 10.3. The molecular formula is C10H13N3O3S. The van der Waals surface area contributed by atoms with E-state index in [2.05, 4.69) is 15.2 Å². The van der Waals surface area contributed by atoms with E-state index in [1.165, 1.54) is 0 Å². The van der Waals surface area contributed by atoms with E-state index in [1.54, 1.807) is 5.38 Å². The first-order valence-corrected chi connectivity index (χ1v) is 6.20. The van der Waals surface area contributed by atoms with Crippen LogP contribution in [-0.4, -0.2) is 46.5 Å². The largest absolute Gasteiger partial charge is 0.476 e. The van der Waals surface area contributed by atoms with E-state index in [-0.39, 0.29) is 10.9 Å². The molecule has 0 aliphatic carbocycles. The molecule has 0 spiro atoms. The third-order valence-corrected chi connectivity index (χ3v) is 3.40. The number of carboxylic acid groups (broad SMARTS) is 1. The second kappa shape index (κ2) is 5.24. The van der Waals surface area contributed by atoms with Gasteiger partial charge in [-0.15, -0.1) is 11.3 Å². The van der Waals surface area contributed by atoms with Gasteiger partial charge in [0.1, 0.15) is 0 Å². The molecule has 1 aromatic rings. The molecule has 1 saturated heterocycles. The summed E-state index contributed by atoms with van der Waals surface area (Å²) >= 11 is 1.13. The Bertz CT molecular complexity index is 432. The van der Waals surface area contributed by atoms with Gasteiger partial charge in [-0.05, 0) is 0 Å². The second-order valence-electron chi connectivity index (χ2n) is 3.83. The number of thiazole rings is 1. The Morgan fingerprint density at radius 1 is 1.59 bits per heavy atom. The first-order chi connectivity index (χ1) is 8.15. The molecule has 17 heavy (non-hydrogen) atoms. The number of hydrogen-bond acceptors (Lipinski definition) is 5. The predicted octanol–water partition coefficient (Wildman–Crippen LogP) is 0.163. The molecule has 1 aromatic heterocycles. The molecule has 0 unspecified atom stereocenters. The summed E-state index contributed by atoms with van der Waals surface area (Å²) in [5.41, 5.74) is 0.752. The monoisotopic (exact) mass is 255 g/mol. The SMILES string of the molecule is O=C1CCN(Cc2csc(C(=O)O)n2)CCN1. The van der Waals surface area contributed by atoms with E-state index in [9.17, 15) is 9.59 Å². The zero-order valence-corrected chi connectivity index (χ0v) is 10.00. The summed E-state index contributed by atoms with van der Waals surface area (Å²) in [5, 5.41) is 13.4. The van der Waals surface area contributed by atoms with Gasteiger partial charge in [-0.2, -0.15) is 0 Å². The molecule has 2 N–H and O–H groups in total. The molecule has 2 rings (SSSR count). The van der Waals surface area contributed by atoms with E-state index in [0.717, 1.165) is 23.6 Å². The average molecular weight is 255 g/mol. The van der Waals surface area contributed by atoms with Crippen LogP contribution in [0.3, 0.4) is 0 Å². The highest BCUT2D eigenvalue weighted by atomic mass is 32.1. The van der Waals surface area contributed by atoms with Gasteiger partial charge in [0.05, 0.1) is 5.69 Å². The molecule has 6 nitrogen and oxygen atoms in total. The van der Waals surface area contributed by atoms with Crippen molar-refractivity contribution in [3.05, 3.63) is 16.1 Å². The maximum atomic E-state index is 11.1. The summed E-state index contributed by atoms with van der Waals surface area (Å²) < 4.78 is 0. The third-order valence-electron chi connectivity index (χ3n) is 2.53. The molecule has 2 heterocycles. The maximum Gasteiger partial charge on any atom is 0.365 e. The van der Waals surface area contributed by atoms with Gasteiger partial charge >= 0.3 is 5.97 Å². The van der Waals surface area contributed by atoms with Crippen LogP contribution in [0.4, 0.5) is 0 Å². The van der Waals surface area contributed by atoms with Crippen molar-refractivity contribution in [2.45, 2.75) is 13.0 Å². The van der Waals surface area contributed by atoms with Crippen molar-refractivity contribution in [1.82, 2.24) is 15.2 Å². The Morgan fingerprint density at radius 2 is 2.41 bits per heavy atom. The Labute approximate surface area is 102 Å². The highest BCUT2D eigenvalue weighted by Crippen LogP contribution is 2.12. The minimum atomic E-state index is -0.992. The average Bonchev–Trinajstić information content (AvgIpc) is 2.65. The van der Waals surface area contributed by atoms with Crippen molar-refractivity contribution in [2.75, 3.05) is 19.6 Å². The van der Waals surface area contributed by atoms with Gasteiger partial charge in [0, 0.05) is 38.0 Å². The quantitative estimate of drug-likeness (QED) is 0.804.